The zero-order chi connectivity index (χ0) is 9.97. The quantitative estimate of drug-likeness (QED) is 0.637. The Morgan fingerprint density at radius 1 is 1.43 bits per heavy atom. The lowest BCUT2D eigenvalue weighted by Crippen LogP contribution is -2.48. The van der Waals surface area contributed by atoms with Gasteiger partial charge in [-0.2, -0.15) is 0 Å². The van der Waals surface area contributed by atoms with Gasteiger partial charge in [0.05, 0.1) is 19.3 Å². The monoisotopic (exact) mass is 198 g/mol. The van der Waals surface area contributed by atoms with E-state index in [-0.39, 0.29) is 11.9 Å². The van der Waals surface area contributed by atoms with Crippen LogP contribution in [0.25, 0.3) is 0 Å². The van der Waals surface area contributed by atoms with E-state index >= 15 is 0 Å². The van der Waals surface area contributed by atoms with Crippen molar-refractivity contribution in [3.8, 4) is 0 Å². The standard InChI is InChI=1S/C10H18N2O2/c1-8-6-9(11-7-8)10(13)12-2-4-14-5-3-12/h8-9,11H,2-7H2,1H3. The summed E-state index contributed by atoms with van der Waals surface area (Å²) in [4.78, 5) is 13.9. The molecule has 0 aromatic carbocycles. The third kappa shape index (κ3) is 2.07. The van der Waals surface area contributed by atoms with Crippen LogP contribution in [0.3, 0.4) is 0 Å². The van der Waals surface area contributed by atoms with Gasteiger partial charge in [0.15, 0.2) is 0 Å². The van der Waals surface area contributed by atoms with E-state index in [0.29, 0.717) is 19.1 Å². The van der Waals surface area contributed by atoms with E-state index in [0.717, 1.165) is 26.1 Å². The fourth-order valence-corrected chi connectivity index (χ4v) is 2.10. The number of ether oxygens (including phenoxy) is 1. The summed E-state index contributed by atoms with van der Waals surface area (Å²) in [5, 5.41) is 3.27. The number of rotatable bonds is 1. The summed E-state index contributed by atoms with van der Waals surface area (Å²) in [6.45, 7) is 6.04. The maximum Gasteiger partial charge on any atom is 0.239 e. The van der Waals surface area contributed by atoms with Crippen molar-refractivity contribution in [1.29, 1.82) is 0 Å². The van der Waals surface area contributed by atoms with Crippen molar-refractivity contribution in [2.24, 2.45) is 5.92 Å². The largest absolute Gasteiger partial charge is 0.378 e. The Labute approximate surface area is 84.6 Å². The molecule has 0 bridgehead atoms. The molecule has 80 valence electrons. The second kappa shape index (κ2) is 4.28. The van der Waals surface area contributed by atoms with Gasteiger partial charge in [0, 0.05) is 13.1 Å². The van der Waals surface area contributed by atoms with Crippen molar-refractivity contribution in [2.75, 3.05) is 32.8 Å². The molecule has 2 rings (SSSR count). The van der Waals surface area contributed by atoms with Crippen LogP contribution in [0.15, 0.2) is 0 Å². The van der Waals surface area contributed by atoms with Crippen LogP contribution >= 0.6 is 0 Å². The van der Waals surface area contributed by atoms with Crippen LogP contribution in [-0.4, -0.2) is 49.7 Å². The lowest BCUT2D eigenvalue weighted by molar-refractivity contribution is -0.137. The minimum Gasteiger partial charge on any atom is -0.378 e. The number of carbonyl (C=O) groups excluding carboxylic acids is 1. The topological polar surface area (TPSA) is 41.6 Å². The van der Waals surface area contributed by atoms with Crippen LogP contribution < -0.4 is 5.32 Å². The highest BCUT2D eigenvalue weighted by atomic mass is 16.5. The van der Waals surface area contributed by atoms with E-state index < -0.39 is 0 Å². The van der Waals surface area contributed by atoms with Gasteiger partial charge in [0.25, 0.3) is 0 Å². The van der Waals surface area contributed by atoms with Gasteiger partial charge in [-0.15, -0.1) is 0 Å². The molecule has 2 aliphatic heterocycles. The second-order valence-corrected chi connectivity index (χ2v) is 4.24. The molecule has 4 nitrogen and oxygen atoms in total. The summed E-state index contributed by atoms with van der Waals surface area (Å²) in [6.07, 6.45) is 0.982. The minimum atomic E-state index is 0.0584. The van der Waals surface area contributed by atoms with E-state index in [9.17, 15) is 4.79 Å². The molecule has 0 aromatic rings. The molecule has 0 spiro atoms. The average Bonchev–Trinajstić information content (AvgIpc) is 2.65. The summed E-state index contributed by atoms with van der Waals surface area (Å²) in [5.41, 5.74) is 0. The Morgan fingerprint density at radius 3 is 2.71 bits per heavy atom. The van der Waals surface area contributed by atoms with Gasteiger partial charge < -0.3 is 15.0 Å². The molecule has 0 aromatic heterocycles. The highest BCUT2D eigenvalue weighted by molar-refractivity contribution is 5.82. The lowest BCUT2D eigenvalue weighted by Gasteiger charge is -2.29. The molecule has 2 fully saturated rings. The fraction of sp³-hybridized carbons (Fsp3) is 0.900. The minimum absolute atomic E-state index is 0.0584. The zero-order valence-electron chi connectivity index (χ0n) is 8.66. The molecule has 1 amide bonds. The van der Waals surface area contributed by atoms with Crippen LogP contribution in [0, 0.1) is 5.92 Å². The van der Waals surface area contributed by atoms with E-state index in [2.05, 4.69) is 12.2 Å². The first-order valence-corrected chi connectivity index (χ1v) is 5.37. The Morgan fingerprint density at radius 2 is 2.14 bits per heavy atom. The lowest BCUT2D eigenvalue weighted by atomic mass is 10.1. The molecular weight excluding hydrogens is 180 g/mol. The molecule has 2 heterocycles. The van der Waals surface area contributed by atoms with E-state index in [4.69, 9.17) is 4.74 Å². The molecule has 2 unspecified atom stereocenters. The van der Waals surface area contributed by atoms with E-state index in [1.165, 1.54) is 0 Å². The highest BCUT2D eigenvalue weighted by Gasteiger charge is 2.30. The van der Waals surface area contributed by atoms with Gasteiger partial charge >= 0.3 is 0 Å². The number of hydrogen-bond acceptors (Lipinski definition) is 3. The number of carbonyl (C=O) groups is 1. The van der Waals surface area contributed by atoms with Crippen molar-refractivity contribution < 1.29 is 9.53 Å². The van der Waals surface area contributed by atoms with Gasteiger partial charge in [-0.3, -0.25) is 4.79 Å². The van der Waals surface area contributed by atoms with E-state index in [1.54, 1.807) is 0 Å². The van der Waals surface area contributed by atoms with E-state index in [1.807, 2.05) is 4.90 Å². The number of morpholine rings is 1. The molecule has 0 radical (unpaired) electrons. The Kier molecular flexibility index (Phi) is 3.03. The number of hydrogen-bond donors (Lipinski definition) is 1. The first-order chi connectivity index (χ1) is 6.77. The molecule has 0 saturated carbocycles. The van der Waals surface area contributed by atoms with Crippen LogP contribution in [0.2, 0.25) is 0 Å². The molecule has 14 heavy (non-hydrogen) atoms. The van der Waals surface area contributed by atoms with Crippen molar-refractivity contribution in [3.63, 3.8) is 0 Å². The molecule has 2 atom stereocenters. The Hall–Kier alpha value is -0.610. The van der Waals surface area contributed by atoms with Crippen molar-refractivity contribution in [3.05, 3.63) is 0 Å². The van der Waals surface area contributed by atoms with Crippen molar-refractivity contribution in [1.82, 2.24) is 10.2 Å². The molecule has 2 aliphatic rings. The van der Waals surface area contributed by atoms with Gasteiger partial charge in [-0.1, -0.05) is 6.92 Å². The number of nitrogens with zero attached hydrogens (tertiary/aromatic N) is 1. The van der Waals surface area contributed by atoms with Gasteiger partial charge in [0.2, 0.25) is 5.91 Å². The van der Waals surface area contributed by atoms with Gasteiger partial charge in [-0.25, -0.2) is 0 Å². The molecular formula is C10H18N2O2. The Balaban J connectivity index is 1.87. The SMILES string of the molecule is CC1CNC(C(=O)N2CCOCC2)C1. The number of amides is 1. The molecule has 2 saturated heterocycles. The Bertz CT molecular complexity index is 207. The molecule has 1 N–H and O–H groups in total. The predicted molar refractivity (Wildman–Crippen MR) is 53.0 cm³/mol. The zero-order valence-corrected chi connectivity index (χ0v) is 8.66. The van der Waals surface area contributed by atoms with Crippen molar-refractivity contribution in [2.45, 2.75) is 19.4 Å². The fourth-order valence-electron chi connectivity index (χ4n) is 2.10. The normalized spacial score (nSPS) is 33.4. The summed E-state index contributed by atoms with van der Waals surface area (Å²) in [7, 11) is 0. The highest BCUT2D eigenvalue weighted by Crippen LogP contribution is 2.15. The van der Waals surface area contributed by atoms with Crippen molar-refractivity contribution >= 4 is 5.91 Å². The maximum absolute atomic E-state index is 12.0. The van der Waals surface area contributed by atoms with Crippen LogP contribution in [-0.2, 0) is 9.53 Å². The van der Waals surface area contributed by atoms with Gasteiger partial charge in [0.1, 0.15) is 0 Å². The third-order valence-electron chi connectivity index (χ3n) is 2.97. The van der Waals surface area contributed by atoms with Crippen LogP contribution in [0.1, 0.15) is 13.3 Å². The second-order valence-electron chi connectivity index (χ2n) is 4.24. The summed E-state index contributed by atoms with van der Waals surface area (Å²) < 4.78 is 5.22. The number of nitrogens with one attached hydrogen (secondary N) is 1. The van der Waals surface area contributed by atoms with Crippen LogP contribution in [0.4, 0.5) is 0 Å². The molecule has 4 heteroatoms. The predicted octanol–water partition coefficient (Wildman–Crippen LogP) is -0.157. The van der Waals surface area contributed by atoms with Gasteiger partial charge in [-0.05, 0) is 18.9 Å². The maximum atomic E-state index is 12.0. The van der Waals surface area contributed by atoms with Crippen LogP contribution in [0.5, 0.6) is 0 Å². The first-order valence-electron chi connectivity index (χ1n) is 5.37. The average molecular weight is 198 g/mol. The third-order valence-corrected chi connectivity index (χ3v) is 2.97. The first kappa shape index (κ1) is 9.93. The molecule has 0 aliphatic carbocycles. The summed E-state index contributed by atoms with van der Waals surface area (Å²) >= 11 is 0. The summed E-state index contributed by atoms with van der Waals surface area (Å²) in [5.74, 6) is 0.891. The smallest absolute Gasteiger partial charge is 0.239 e. The summed E-state index contributed by atoms with van der Waals surface area (Å²) in [6, 6.07) is 0.0584.